The van der Waals surface area contributed by atoms with Crippen LogP contribution in [0.1, 0.15) is 36.9 Å². The van der Waals surface area contributed by atoms with Crippen molar-refractivity contribution in [3.8, 4) is 0 Å². The van der Waals surface area contributed by atoms with E-state index in [4.69, 9.17) is 5.73 Å². The van der Waals surface area contributed by atoms with Crippen LogP contribution in [0.3, 0.4) is 0 Å². The minimum atomic E-state index is 0.0856. The van der Waals surface area contributed by atoms with E-state index in [1.807, 2.05) is 19.1 Å². The number of carbonyl (C=O) groups is 1. The molecule has 0 unspecified atom stereocenters. The summed E-state index contributed by atoms with van der Waals surface area (Å²) >= 11 is 0. The van der Waals surface area contributed by atoms with Gasteiger partial charge >= 0.3 is 0 Å². The standard InChI is InChI=1S/C14H21N3O/c1-10-4-3-7-16-13(10)9-17-14(18)8-11-5-2-6-12(11)15/h3-4,7,11-12H,2,5-6,8-9,15H2,1H3,(H,17,18)/t11-,12+/m0/s1. The second kappa shape index (κ2) is 5.96. The van der Waals surface area contributed by atoms with Gasteiger partial charge in [0, 0.05) is 18.7 Å². The van der Waals surface area contributed by atoms with Crippen LogP contribution in [-0.2, 0) is 11.3 Å². The summed E-state index contributed by atoms with van der Waals surface area (Å²) in [5, 5.41) is 2.93. The van der Waals surface area contributed by atoms with Gasteiger partial charge in [0.15, 0.2) is 0 Å². The molecule has 1 aromatic rings. The van der Waals surface area contributed by atoms with Gasteiger partial charge in [-0.1, -0.05) is 12.5 Å². The summed E-state index contributed by atoms with van der Waals surface area (Å²) in [7, 11) is 0. The predicted molar refractivity (Wildman–Crippen MR) is 70.8 cm³/mol. The third-order valence-electron chi connectivity index (χ3n) is 3.74. The second-order valence-corrected chi connectivity index (χ2v) is 5.10. The molecule has 1 aromatic heterocycles. The normalized spacial score (nSPS) is 23.0. The Labute approximate surface area is 108 Å². The number of amides is 1. The first-order valence-electron chi connectivity index (χ1n) is 6.59. The molecule has 1 aliphatic rings. The van der Waals surface area contributed by atoms with Gasteiger partial charge < -0.3 is 11.1 Å². The Morgan fingerprint density at radius 3 is 3.06 bits per heavy atom. The Morgan fingerprint density at radius 1 is 1.56 bits per heavy atom. The van der Waals surface area contributed by atoms with Gasteiger partial charge in [0.25, 0.3) is 0 Å². The molecule has 0 saturated heterocycles. The molecule has 0 aromatic carbocycles. The molecule has 0 aliphatic heterocycles. The first kappa shape index (κ1) is 13.0. The molecule has 2 atom stereocenters. The lowest BCUT2D eigenvalue weighted by molar-refractivity contribution is -0.122. The topological polar surface area (TPSA) is 68.0 Å². The highest BCUT2D eigenvalue weighted by Gasteiger charge is 2.25. The van der Waals surface area contributed by atoms with Crippen LogP contribution in [0.15, 0.2) is 18.3 Å². The molecule has 0 bridgehead atoms. The molecular formula is C14H21N3O. The van der Waals surface area contributed by atoms with Crippen LogP contribution in [0.4, 0.5) is 0 Å². The molecule has 98 valence electrons. The zero-order chi connectivity index (χ0) is 13.0. The van der Waals surface area contributed by atoms with E-state index in [1.54, 1.807) is 6.20 Å². The summed E-state index contributed by atoms with van der Waals surface area (Å²) < 4.78 is 0. The number of aryl methyl sites for hydroxylation is 1. The first-order valence-corrected chi connectivity index (χ1v) is 6.59. The van der Waals surface area contributed by atoms with Crippen molar-refractivity contribution >= 4 is 5.91 Å². The van der Waals surface area contributed by atoms with Crippen molar-refractivity contribution in [3.05, 3.63) is 29.6 Å². The van der Waals surface area contributed by atoms with Crippen LogP contribution < -0.4 is 11.1 Å². The number of pyridine rings is 1. The molecule has 2 rings (SSSR count). The quantitative estimate of drug-likeness (QED) is 0.847. The number of aromatic nitrogens is 1. The van der Waals surface area contributed by atoms with Gasteiger partial charge in [0.2, 0.25) is 5.91 Å². The average Bonchev–Trinajstić information content (AvgIpc) is 2.74. The minimum absolute atomic E-state index is 0.0856. The van der Waals surface area contributed by atoms with Crippen LogP contribution in [0, 0.1) is 12.8 Å². The number of nitrogens with zero attached hydrogens (tertiary/aromatic N) is 1. The maximum absolute atomic E-state index is 11.8. The van der Waals surface area contributed by atoms with E-state index >= 15 is 0 Å². The lowest BCUT2D eigenvalue weighted by atomic mass is 10.00. The van der Waals surface area contributed by atoms with E-state index in [-0.39, 0.29) is 11.9 Å². The highest BCUT2D eigenvalue weighted by atomic mass is 16.1. The molecular weight excluding hydrogens is 226 g/mol. The fraction of sp³-hybridized carbons (Fsp3) is 0.571. The zero-order valence-electron chi connectivity index (χ0n) is 10.9. The Kier molecular flexibility index (Phi) is 4.31. The Hall–Kier alpha value is -1.42. The van der Waals surface area contributed by atoms with Crippen molar-refractivity contribution in [2.24, 2.45) is 11.7 Å². The van der Waals surface area contributed by atoms with Gasteiger partial charge in [-0.25, -0.2) is 0 Å². The van der Waals surface area contributed by atoms with Crippen molar-refractivity contribution in [2.75, 3.05) is 0 Å². The summed E-state index contributed by atoms with van der Waals surface area (Å²) in [4.78, 5) is 16.1. The summed E-state index contributed by atoms with van der Waals surface area (Å²) in [5.41, 5.74) is 8.01. The van der Waals surface area contributed by atoms with Gasteiger partial charge in [-0.2, -0.15) is 0 Å². The zero-order valence-corrected chi connectivity index (χ0v) is 10.9. The lowest BCUT2D eigenvalue weighted by Crippen LogP contribution is -2.31. The summed E-state index contributed by atoms with van der Waals surface area (Å²) in [5.74, 6) is 0.442. The summed E-state index contributed by atoms with van der Waals surface area (Å²) in [6, 6.07) is 4.10. The van der Waals surface area contributed by atoms with Crippen molar-refractivity contribution in [3.63, 3.8) is 0 Å². The molecule has 1 heterocycles. The highest BCUT2D eigenvalue weighted by molar-refractivity contribution is 5.76. The Balaban J connectivity index is 1.80. The van der Waals surface area contributed by atoms with Crippen molar-refractivity contribution < 1.29 is 4.79 Å². The predicted octanol–water partition coefficient (Wildman–Crippen LogP) is 1.52. The van der Waals surface area contributed by atoms with Gasteiger partial charge in [-0.3, -0.25) is 9.78 Å². The van der Waals surface area contributed by atoms with E-state index in [1.165, 1.54) is 0 Å². The third-order valence-corrected chi connectivity index (χ3v) is 3.74. The van der Waals surface area contributed by atoms with Crippen LogP contribution in [0.25, 0.3) is 0 Å². The van der Waals surface area contributed by atoms with E-state index in [2.05, 4.69) is 10.3 Å². The number of carbonyl (C=O) groups excluding carboxylic acids is 1. The molecule has 4 nitrogen and oxygen atoms in total. The lowest BCUT2D eigenvalue weighted by Gasteiger charge is -2.14. The molecule has 18 heavy (non-hydrogen) atoms. The molecule has 0 radical (unpaired) electrons. The maximum atomic E-state index is 11.8. The van der Waals surface area contributed by atoms with Gasteiger partial charge in [0.05, 0.1) is 12.2 Å². The molecule has 1 aliphatic carbocycles. The fourth-order valence-electron chi connectivity index (χ4n) is 2.52. The van der Waals surface area contributed by atoms with Gasteiger partial charge in [0.1, 0.15) is 0 Å². The number of rotatable bonds is 4. The Morgan fingerprint density at radius 2 is 2.39 bits per heavy atom. The minimum Gasteiger partial charge on any atom is -0.350 e. The second-order valence-electron chi connectivity index (χ2n) is 5.10. The number of hydrogen-bond acceptors (Lipinski definition) is 3. The largest absolute Gasteiger partial charge is 0.350 e. The summed E-state index contributed by atoms with van der Waals surface area (Å²) in [6.45, 7) is 2.51. The van der Waals surface area contributed by atoms with E-state index in [0.717, 1.165) is 30.5 Å². The van der Waals surface area contributed by atoms with Gasteiger partial charge in [-0.05, 0) is 37.3 Å². The van der Waals surface area contributed by atoms with Crippen molar-refractivity contribution in [1.29, 1.82) is 0 Å². The van der Waals surface area contributed by atoms with Crippen LogP contribution in [0.2, 0.25) is 0 Å². The Bertz CT molecular complexity index is 419. The number of nitrogens with one attached hydrogen (secondary N) is 1. The van der Waals surface area contributed by atoms with E-state index < -0.39 is 0 Å². The summed E-state index contributed by atoms with van der Waals surface area (Å²) in [6.07, 6.45) is 5.58. The van der Waals surface area contributed by atoms with Crippen LogP contribution in [-0.4, -0.2) is 16.9 Å². The van der Waals surface area contributed by atoms with Crippen molar-refractivity contribution in [2.45, 2.75) is 45.2 Å². The molecule has 1 saturated carbocycles. The van der Waals surface area contributed by atoms with Crippen LogP contribution >= 0.6 is 0 Å². The SMILES string of the molecule is Cc1cccnc1CNC(=O)C[C@@H]1CCC[C@H]1N. The fourth-order valence-corrected chi connectivity index (χ4v) is 2.52. The molecule has 0 spiro atoms. The van der Waals surface area contributed by atoms with Crippen molar-refractivity contribution in [1.82, 2.24) is 10.3 Å². The first-order chi connectivity index (χ1) is 8.66. The third kappa shape index (κ3) is 3.29. The molecule has 3 N–H and O–H groups in total. The number of hydrogen-bond donors (Lipinski definition) is 2. The van der Waals surface area contributed by atoms with Crippen LogP contribution in [0.5, 0.6) is 0 Å². The monoisotopic (exact) mass is 247 g/mol. The molecule has 1 fully saturated rings. The average molecular weight is 247 g/mol. The maximum Gasteiger partial charge on any atom is 0.220 e. The number of nitrogens with two attached hydrogens (primary N) is 1. The molecule has 4 heteroatoms. The van der Waals surface area contributed by atoms with Gasteiger partial charge in [-0.15, -0.1) is 0 Å². The van der Waals surface area contributed by atoms with E-state index in [9.17, 15) is 4.79 Å². The highest BCUT2D eigenvalue weighted by Crippen LogP contribution is 2.26. The molecule has 1 amide bonds. The van der Waals surface area contributed by atoms with E-state index in [0.29, 0.717) is 18.9 Å². The smallest absolute Gasteiger partial charge is 0.220 e.